The Labute approximate surface area is 150 Å². The number of hydrogen-bond donors (Lipinski definition) is 2. The smallest absolute Gasteiger partial charge is 0.267 e. The molecule has 1 aliphatic heterocycles. The monoisotopic (exact) mass is 359 g/mol. The molecule has 2 fully saturated rings. The molecule has 0 spiro atoms. The topological polar surface area (TPSA) is 83.0 Å². The third-order valence-electron chi connectivity index (χ3n) is 5.24. The highest BCUT2D eigenvalue weighted by molar-refractivity contribution is 5.92. The minimum absolute atomic E-state index is 0.0677. The molecule has 0 aromatic carbocycles. The van der Waals surface area contributed by atoms with Crippen molar-refractivity contribution in [1.29, 1.82) is 0 Å². The fourth-order valence-electron chi connectivity index (χ4n) is 3.79. The number of aromatic amines is 1. The number of nitrogens with zero attached hydrogens (tertiary/aromatic N) is 3. The SMILES string of the molecule is Cn1ccnc1[C@@H]1[C@@H](CNC(=O)c2cc(F)c[nH]2)CCC(=O)N1C1CC1. The zero-order chi connectivity index (χ0) is 18.3. The first-order chi connectivity index (χ1) is 12.5. The van der Waals surface area contributed by atoms with E-state index in [2.05, 4.69) is 15.3 Å². The van der Waals surface area contributed by atoms with Gasteiger partial charge in [0.1, 0.15) is 17.3 Å². The molecule has 2 aromatic rings. The van der Waals surface area contributed by atoms with Gasteiger partial charge in [0.05, 0.1) is 6.04 Å². The number of halogens is 1. The van der Waals surface area contributed by atoms with Gasteiger partial charge in [-0.15, -0.1) is 0 Å². The summed E-state index contributed by atoms with van der Waals surface area (Å²) in [6.07, 6.45) is 7.97. The molecule has 3 heterocycles. The van der Waals surface area contributed by atoms with Gasteiger partial charge in [0.2, 0.25) is 5.91 Å². The molecule has 138 valence electrons. The van der Waals surface area contributed by atoms with Crippen molar-refractivity contribution in [2.24, 2.45) is 13.0 Å². The third-order valence-corrected chi connectivity index (χ3v) is 5.24. The van der Waals surface area contributed by atoms with Gasteiger partial charge < -0.3 is 19.8 Å². The van der Waals surface area contributed by atoms with Gasteiger partial charge in [-0.1, -0.05) is 0 Å². The number of aryl methyl sites for hydroxylation is 1. The summed E-state index contributed by atoms with van der Waals surface area (Å²) in [5, 5.41) is 2.88. The minimum atomic E-state index is -0.468. The molecule has 0 unspecified atom stereocenters. The predicted molar refractivity (Wildman–Crippen MR) is 91.6 cm³/mol. The van der Waals surface area contributed by atoms with E-state index < -0.39 is 5.82 Å². The first kappa shape index (κ1) is 16.8. The molecule has 0 bridgehead atoms. The number of amides is 2. The van der Waals surface area contributed by atoms with Crippen molar-refractivity contribution >= 4 is 11.8 Å². The average Bonchev–Trinajstić information content (AvgIpc) is 3.22. The predicted octanol–water partition coefficient (Wildman–Crippen LogP) is 1.76. The molecule has 0 radical (unpaired) electrons. The second kappa shape index (κ2) is 6.59. The zero-order valence-corrected chi connectivity index (χ0v) is 14.6. The molecule has 1 aliphatic carbocycles. The minimum Gasteiger partial charge on any atom is -0.355 e. The van der Waals surface area contributed by atoms with E-state index in [1.54, 1.807) is 6.20 Å². The van der Waals surface area contributed by atoms with Crippen molar-refractivity contribution in [3.63, 3.8) is 0 Å². The van der Waals surface area contributed by atoms with Gasteiger partial charge >= 0.3 is 0 Å². The van der Waals surface area contributed by atoms with Crippen LogP contribution in [0.2, 0.25) is 0 Å². The van der Waals surface area contributed by atoms with Crippen LogP contribution in [-0.4, -0.2) is 43.8 Å². The molecule has 26 heavy (non-hydrogen) atoms. The van der Waals surface area contributed by atoms with E-state index in [9.17, 15) is 14.0 Å². The Bertz CT molecular complexity index is 825. The Morgan fingerprint density at radius 3 is 2.85 bits per heavy atom. The number of H-pyrrole nitrogens is 1. The molecular formula is C18H22FN5O2. The van der Waals surface area contributed by atoms with E-state index in [0.717, 1.165) is 24.9 Å². The quantitative estimate of drug-likeness (QED) is 0.853. The summed E-state index contributed by atoms with van der Waals surface area (Å²) in [5.74, 6) is 0.259. The van der Waals surface area contributed by atoms with Gasteiger partial charge in [0.15, 0.2) is 0 Å². The lowest BCUT2D eigenvalue weighted by Crippen LogP contribution is -2.48. The number of piperidine rings is 1. The lowest BCUT2D eigenvalue weighted by molar-refractivity contribution is -0.140. The van der Waals surface area contributed by atoms with Crippen LogP contribution in [0.4, 0.5) is 4.39 Å². The second-order valence-electron chi connectivity index (χ2n) is 7.11. The van der Waals surface area contributed by atoms with Crippen LogP contribution in [-0.2, 0) is 11.8 Å². The molecule has 2 aliphatic rings. The fourth-order valence-corrected chi connectivity index (χ4v) is 3.79. The van der Waals surface area contributed by atoms with Crippen LogP contribution in [0.15, 0.2) is 24.7 Å². The number of imidazole rings is 1. The van der Waals surface area contributed by atoms with E-state index in [-0.39, 0.29) is 35.5 Å². The maximum absolute atomic E-state index is 13.1. The molecule has 8 heteroatoms. The van der Waals surface area contributed by atoms with Gasteiger partial charge in [-0.05, 0) is 19.3 Å². The number of aromatic nitrogens is 3. The van der Waals surface area contributed by atoms with E-state index in [4.69, 9.17) is 0 Å². The van der Waals surface area contributed by atoms with Crippen LogP contribution < -0.4 is 5.32 Å². The van der Waals surface area contributed by atoms with Crippen molar-refractivity contribution in [2.75, 3.05) is 6.54 Å². The Morgan fingerprint density at radius 1 is 1.42 bits per heavy atom. The summed E-state index contributed by atoms with van der Waals surface area (Å²) in [7, 11) is 1.92. The van der Waals surface area contributed by atoms with Crippen LogP contribution >= 0.6 is 0 Å². The number of rotatable bonds is 5. The van der Waals surface area contributed by atoms with Gasteiger partial charge in [0.25, 0.3) is 5.91 Å². The summed E-state index contributed by atoms with van der Waals surface area (Å²) in [5.41, 5.74) is 0.196. The van der Waals surface area contributed by atoms with Crippen LogP contribution in [0.25, 0.3) is 0 Å². The van der Waals surface area contributed by atoms with Crippen molar-refractivity contribution in [1.82, 2.24) is 24.8 Å². The van der Waals surface area contributed by atoms with E-state index in [1.165, 1.54) is 6.07 Å². The molecule has 7 nitrogen and oxygen atoms in total. The van der Waals surface area contributed by atoms with Gasteiger partial charge in [0, 0.05) is 56.6 Å². The molecule has 4 rings (SSSR count). The normalized spacial score (nSPS) is 23.3. The Morgan fingerprint density at radius 2 is 2.23 bits per heavy atom. The average molecular weight is 359 g/mol. The Balaban J connectivity index is 1.54. The molecule has 2 aromatic heterocycles. The fraction of sp³-hybridized carbons (Fsp3) is 0.500. The summed E-state index contributed by atoms with van der Waals surface area (Å²) in [6.45, 7) is 0.410. The van der Waals surface area contributed by atoms with Gasteiger partial charge in [-0.3, -0.25) is 9.59 Å². The highest BCUT2D eigenvalue weighted by Crippen LogP contribution is 2.42. The number of carbonyl (C=O) groups excluding carboxylic acids is 2. The van der Waals surface area contributed by atoms with Crippen LogP contribution in [0, 0.1) is 11.7 Å². The lowest BCUT2D eigenvalue weighted by Gasteiger charge is -2.41. The number of carbonyl (C=O) groups is 2. The van der Waals surface area contributed by atoms with Crippen molar-refractivity contribution in [3.8, 4) is 0 Å². The molecule has 2 atom stereocenters. The zero-order valence-electron chi connectivity index (χ0n) is 14.6. The molecule has 1 saturated carbocycles. The van der Waals surface area contributed by atoms with Crippen LogP contribution in [0.1, 0.15) is 48.0 Å². The number of hydrogen-bond acceptors (Lipinski definition) is 3. The molecular weight excluding hydrogens is 337 g/mol. The van der Waals surface area contributed by atoms with Crippen LogP contribution in [0.5, 0.6) is 0 Å². The summed E-state index contributed by atoms with van der Waals surface area (Å²) < 4.78 is 15.0. The molecule has 2 N–H and O–H groups in total. The largest absolute Gasteiger partial charge is 0.355 e. The number of nitrogens with one attached hydrogen (secondary N) is 2. The summed E-state index contributed by atoms with van der Waals surface area (Å²) in [4.78, 5) is 33.9. The maximum Gasteiger partial charge on any atom is 0.267 e. The highest BCUT2D eigenvalue weighted by atomic mass is 19.1. The van der Waals surface area contributed by atoms with E-state index in [0.29, 0.717) is 19.4 Å². The van der Waals surface area contributed by atoms with Crippen molar-refractivity contribution in [2.45, 2.75) is 37.8 Å². The summed E-state index contributed by atoms with van der Waals surface area (Å²) in [6, 6.07) is 1.30. The second-order valence-corrected chi connectivity index (χ2v) is 7.11. The highest BCUT2D eigenvalue weighted by Gasteiger charge is 2.45. The standard InChI is InChI=1S/C18H22FN5O2/c1-23-7-6-20-17(23)16-11(2-5-15(25)24(16)13-3-4-13)9-22-18(26)14-8-12(19)10-21-14/h6-8,10-11,13,16,21H,2-5,9H2,1H3,(H,22,26)/t11-,16+/m1/s1. The van der Waals surface area contributed by atoms with Crippen molar-refractivity contribution < 1.29 is 14.0 Å². The maximum atomic E-state index is 13.1. The van der Waals surface area contributed by atoms with Crippen molar-refractivity contribution in [3.05, 3.63) is 42.0 Å². The summed E-state index contributed by atoms with van der Waals surface area (Å²) >= 11 is 0. The Kier molecular flexibility index (Phi) is 4.26. The Hall–Kier alpha value is -2.64. The molecule has 1 saturated heterocycles. The lowest BCUT2D eigenvalue weighted by atomic mass is 9.87. The van der Waals surface area contributed by atoms with Crippen LogP contribution in [0.3, 0.4) is 0 Å². The van der Waals surface area contributed by atoms with E-state index in [1.807, 2.05) is 22.7 Å². The van der Waals surface area contributed by atoms with Gasteiger partial charge in [-0.25, -0.2) is 9.37 Å². The molecule has 2 amide bonds. The first-order valence-electron chi connectivity index (χ1n) is 8.95. The first-order valence-corrected chi connectivity index (χ1v) is 8.95. The number of likely N-dealkylation sites (tertiary alicyclic amines) is 1. The van der Waals surface area contributed by atoms with E-state index >= 15 is 0 Å². The van der Waals surface area contributed by atoms with Gasteiger partial charge in [-0.2, -0.15) is 0 Å². The third kappa shape index (κ3) is 3.11.